The van der Waals surface area contributed by atoms with Crippen molar-refractivity contribution in [2.24, 2.45) is 5.73 Å². The van der Waals surface area contributed by atoms with E-state index < -0.39 is 0 Å². The third-order valence-corrected chi connectivity index (χ3v) is 6.71. The van der Waals surface area contributed by atoms with Gasteiger partial charge in [-0.2, -0.15) is 0 Å². The first-order chi connectivity index (χ1) is 8.95. The van der Waals surface area contributed by atoms with E-state index in [2.05, 4.69) is 18.2 Å². The highest BCUT2D eigenvalue weighted by Crippen LogP contribution is 2.52. The molecule has 6 heteroatoms. The number of rotatable bonds is 2. The Morgan fingerprint density at radius 2 is 2.26 bits per heavy atom. The summed E-state index contributed by atoms with van der Waals surface area (Å²) in [5, 5.41) is 0. The summed E-state index contributed by atoms with van der Waals surface area (Å²) in [6.07, 6.45) is 4.86. The van der Waals surface area contributed by atoms with E-state index in [-0.39, 0.29) is 11.3 Å². The van der Waals surface area contributed by atoms with Gasteiger partial charge in [0.1, 0.15) is 0 Å². The molecule has 3 nitrogen and oxygen atoms in total. The van der Waals surface area contributed by atoms with Gasteiger partial charge in [0.2, 0.25) is 0 Å². The maximum absolute atomic E-state index is 11.7. The van der Waals surface area contributed by atoms with Crippen LogP contribution in [0, 0.1) is 0 Å². The fraction of sp³-hybridized carbons (Fsp3) is 0.385. The molecule has 2 N–H and O–H groups in total. The van der Waals surface area contributed by atoms with Gasteiger partial charge < -0.3 is 5.73 Å². The van der Waals surface area contributed by atoms with Gasteiger partial charge >= 0.3 is 0 Å². The van der Waals surface area contributed by atoms with Gasteiger partial charge in [0.15, 0.2) is 0 Å². The summed E-state index contributed by atoms with van der Waals surface area (Å²) in [5.41, 5.74) is 9.15. The van der Waals surface area contributed by atoms with Crippen LogP contribution in [0.4, 0.5) is 0 Å². The van der Waals surface area contributed by atoms with E-state index in [1.54, 1.807) is 11.8 Å². The first kappa shape index (κ1) is 13.1. The van der Waals surface area contributed by atoms with E-state index in [0.717, 1.165) is 12.0 Å². The maximum atomic E-state index is 11.7. The maximum Gasteiger partial charge on any atom is 0.259 e. The van der Waals surface area contributed by atoms with Crippen molar-refractivity contribution in [3.63, 3.8) is 0 Å². The third-order valence-electron chi connectivity index (χ3n) is 3.53. The molecule has 0 atom stereocenters. The number of nitrogens with two attached hydrogens (primary N) is 1. The predicted molar refractivity (Wildman–Crippen MR) is 82.5 cm³/mol. The number of carbonyl (C=O) groups is 1. The molecule has 0 saturated carbocycles. The zero-order valence-electron chi connectivity index (χ0n) is 10.9. The highest BCUT2D eigenvalue weighted by molar-refractivity contribution is 8.00. The van der Waals surface area contributed by atoms with E-state index in [4.69, 9.17) is 5.73 Å². The van der Waals surface area contributed by atoms with Gasteiger partial charge in [0.05, 0.1) is 14.0 Å². The lowest BCUT2D eigenvalue weighted by Crippen LogP contribution is -2.25. The average Bonchev–Trinajstić information content (AvgIpc) is 2.91. The van der Waals surface area contributed by atoms with Gasteiger partial charge in [0, 0.05) is 11.8 Å². The summed E-state index contributed by atoms with van der Waals surface area (Å²) in [7, 11) is 0. The first-order valence-electron chi connectivity index (χ1n) is 5.90. The molecule has 2 heterocycles. The van der Waals surface area contributed by atoms with Crippen molar-refractivity contribution >= 4 is 40.5 Å². The number of hydrogen-bond donors (Lipinski definition) is 1. The minimum Gasteiger partial charge on any atom is -0.365 e. The fourth-order valence-electron chi connectivity index (χ4n) is 2.62. The molecule has 0 spiro atoms. The molecule has 1 amide bonds. The van der Waals surface area contributed by atoms with Crippen LogP contribution in [0.2, 0.25) is 0 Å². The Morgan fingerprint density at radius 3 is 2.89 bits per heavy atom. The third kappa shape index (κ3) is 1.85. The van der Waals surface area contributed by atoms with Crippen LogP contribution >= 0.6 is 34.6 Å². The lowest BCUT2D eigenvalue weighted by atomic mass is 9.74. The summed E-state index contributed by atoms with van der Waals surface area (Å²) in [6.45, 7) is 4.40. The number of amides is 1. The number of primary amides is 1. The van der Waals surface area contributed by atoms with Crippen molar-refractivity contribution in [3.05, 3.63) is 22.2 Å². The van der Waals surface area contributed by atoms with Gasteiger partial charge in [-0.25, -0.2) is 4.37 Å². The smallest absolute Gasteiger partial charge is 0.259 e. The molecule has 3 rings (SSSR count). The van der Waals surface area contributed by atoms with Gasteiger partial charge in [-0.15, -0.1) is 23.1 Å². The van der Waals surface area contributed by atoms with Crippen LogP contribution in [0.1, 0.15) is 34.6 Å². The van der Waals surface area contributed by atoms with E-state index >= 15 is 0 Å². The minimum atomic E-state index is -0.315. The van der Waals surface area contributed by atoms with Gasteiger partial charge in [-0.1, -0.05) is 13.8 Å². The molecule has 0 unspecified atom stereocenters. The largest absolute Gasteiger partial charge is 0.365 e. The van der Waals surface area contributed by atoms with Crippen LogP contribution in [-0.2, 0) is 11.8 Å². The first-order valence-corrected chi connectivity index (χ1v) is 8.72. The van der Waals surface area contributed by atoms with Crippen LogP contribution in [0.5, 0.6) is 0 Å². The summed E-state index contributed by atoms with van der Waals surface area (Å²) in [4.78, 5) is 13.6. The normalized spacial score (nSPS) is 15.9. The highest BCUT2D eigenvalue weighted by atomic mass is 32.2. The van der Waals surface area contributed by atoms with E-state index in [1.165, 1.54) is 43.1 Å². The van der Waals surface area contributed by atoms with Crippen LogP contribution in [0.25, 0.3) is 10.4 Å². The van der Waals surface area contributed by atoms with Crippen molar-refractivity contribution in [3.8, 4) is 10.4 Å². The number of fused-ring (bicyclic) bond motifs is 3. The lowest BCUT2D eigenvalue weighted by molar-refractivity contribution is 0.100. The van der Waals surface area contributed by atoms with E-state index in [0.29, 0.717) is 4.88 Å². The Labute approximate surface area is 124 Å². The van der Waals surface area contributed by atoms with E-state index in [9.17, 15) is 4.79 Å². The lowest BCUT2D eigenvalue weighted by Gasteiger charge is -2.30. The number of thioether (sulfide) groups is 1. The molecule has 19 heavy (non-hydrogen) atoms. The molecular weight excluding hydrogens is 296 g/mol. The second kappa shape index (κ2) is 4.33. The second-order valence-corrected chi connectivity index (χ2v) is 8.17. The Hall–Kier alpha value is -0.850. The van der Waals surface area contributed by atoms with Crippen LogP contribution < -0.4 is 5.73 Å². The summed E-state index contributed by atoms with van der Waals surface area (Å²) < 4.78 is 5.52. The van der Waals surface area contributed by atoms with Crippen molar-refractivity contribution in [2.75, 3.05) is 6.26 Å². The van der Waals surface area contributed by atoms with Crippen molar-refractivity contribution in [1.82, 2.24) is 4.37 Å². The number of carbonyl (C=O) groups excluding carboxylic acids is 1. The molecule has 0 saturated heterocycles. The van der Waals surface area contributed by atoms with Crippen LogP contribution in [-0.4, -0.2) is 16.5 Å². The Kier molecular flexibility index (Phi) is 2.99. The summed E-state index contributed by atoms with van der Waals surface area (Å²) in [5.74, 6) is -0.315. The molecule has 1 aliphatic carbocycles. The quantitative estimate of drug-likeness (QED) is 0.863. The summed E-state index contributed by atoms with van der Waals surface area (Å²) in [6, 6.07) is 0. The fourth-order valence-corrected chi connectivity index (χ4v) is 5.68. The van der Waals surface area contributed by atoms with E-state index in [1.807, 2.05) is 12.5 Å². The van der Waals surface area contributed by atoms with Gasteiger partial charge in [-0.05, 0) is 40.8 Å². The molecule has 2 aromatic heterocycles. The second-order valence-electron chi connectivity index (χ2n) is 5.27. The van der Waals surface area contributed by atoms with Gasteiger partial charge in [0.25, 0.3) is 5.91 Å². The monoisotopic (exact) mass is 310 g/mol. The molecule has 0 fully saturated rings. The average molecular weight is 310 g/mol. The van der Waals surface area contributed by atoms with Crippen LogP contribution in [0.15, 0.2) is 10.4 Å². The molecule has 0 radical (unpaired) electrons. The highest BCUT2D eigenvalue weighted by Gasteiger charge is 2.37. The molecule has 0 bridgehead atoms. The summed E-state index contributed by atoms with van der Waals surface area (Å²) >= 11 is 4.71. The molecule has 0 aliphatic heterocycles. The van der Waals surface area contributed by atoms with Crippen LogP contribution in [0.3, 0.4) is 0 Å². The number of nitrogens with zero attached hydrogens (tertiary/aromatic N) is 1. The van der Waals surface area contributed by atoms with Crippen molar-refractivity contribution in [1.29, 1.82) is 0 Å². The predicted octanol–water partition coefficient (Wildman–Crippen LogP) is 3.53. The number of thiophene rings is 1. The zero-order chi connectivity index (χ0) is 13.8. The van der Waals surface area contributed by atoms with Gasteiger partial charge in [-0.3, -0.25) is 4.79 Å². The molecule has 100 valence electrons. The topological polar surface area (TPSA) is 56.0 Å². The number of aromatic nitrogens is 1. The molecule has 1 aliphatic rings. The Bertz CT molecular complexity index is 669. The molecule has 0 aromatic carbocycles. The Morgan fingerprint density at radius 1 is 1.53 bits per heavy atom. The van der Waals surface area contributed by atoms with Crippen molar-refractivity contribution in [2.45, 2.75) is 29.9 Å². The van der Waals surface area contributed by atoms with Crippen molar-refractivity contribution < 1.29 is 4.79 Å². The standard InChI is InChI=1S/C13H14N2OS3/c1-13(2)4-6-8(10-7(13)5-15-19-10)12(17-3)18-9(6)11(14)16/h5H,4H2,1-3H3,(H2,14,16). The zero-order valence-corrected chi connectivity index (χ0v) is 13.4. The SMILES string of the molecule is CSc1sc(C(N)=O)c2c1-c1sncc1C(C)(C)C2. The number of hydrogen-bond acceptors (Lipinski definition) is 5. The molecular formula is C13H14N2OS3. The molecule has 2 aromatic rings. The Balaban J connectivity index is 2.34. The minimum absolute atomic E-state index is 0.0102.